The smallest absolute Gasteiger partial charge is 0.328 e. The average Bonchev–Trinajstić information content (AvgIpc) is 2.60. The molecule has 2 aromatic rings. The highest BCUT2D eigenvalue weighted by Crippen LogP contribution is 2.13. The number of esters is 1. The molecule has 0 aliphatic heterocycles. The second kappa shape index (κ2) is 8.27. The van der Waals surface area contributed by atoms with Gasteiger partial charge in [0, 0.05) is 16.5 Å². The highest BCUT2D eigenvalue weighted by molar-refractivity contribution is 9.10. The van der Waals surface area contributed by atoms with Crippen LogP contribution < -0.4 is 5.32 Å². The molecule has 24 heavy (non-hydrogen) atoms. The van der Waals surface area contributed by atoms with Crippen LogP contribution >= 0.6 is 15.9 Å². The molecule has 0 unspecified atom stereocenters. The normalized spacial score (nSPS) is 11.2. The van der Waals surface area contributed by atoms with Gasteiger partial charge in [0.1, 0.15) is 6.04 Å². The molecule has 2 aromatic carbocycles. The lowest BCUT2D eigenvalue weighted by Gasteiger charge is -2.17. The molecule has 122 valence electrons. The fourth-order valence-electron chi connectivity index (χ4n) is 2.21. The van der Waals surface area contributed by atoms with Crippen molar-refractivity contribution in [3.63, 3.8) is 0 Å². The first kappa shape index (κ1) is 17.7. The van der Waals surface area contributed by atoms with E-state index in [1.54, 1.807) is 42.5 Å². The van der Waals surface area contributed by atoms with E-state index in [9.17, 15) is 9.59 Å². The van der Waals surface area contributed by atoms with Crippen molar-refractivity contribution in [3.8, 4) is 6.07 Å². The summed E-state index contributed by atoms with van der Waals surface area (Å²) >= 11 is 3.31. The van der Waals surface area contributed by atoms with Crippen LogP contribution in [0.5, 0.6) is 0 Å². The number of hydrogen-bond acceptors (Lipinski definition) is 4. The topological polar surface area (TPSA) is 79.2 Å². The largest absolute Gasteiger partial charge is 0.467 e. The molecule has 0 heterocycles. The summed E-state index contributed by atoms with van der Waals surface area (Å²) in [5.41, 5.74) is 1.69. The number of carbonyl (C=O) groups excluding carboxylic acids is 2. The number of halogens is 1. The summed E-state index contributed by atoms with van der Waals surface area (Å²) in [6.45, 7) is 0. The number of nitriles is 1. The van der Waals surface area contributed by atoms with Crippen molar-refractivity contribution < 1.29 is 14.3 Å². The maximum Gasteiger partial charge on any atom is 0.328 e. The minimum absolute atomic E-state index is 0.238. The van der Waals surface area contributed by atoms with Gasteiger partial charge in [-0.25, -0.2) is 4.79 Å². The van der Waals surface area contributed by atoms with E-state index in [-0.39, 0.29) is 12.3 Å². The van der Waals surface area contributed by atoms with E-state index in [0.717, 1.165) is 10.0 Å². The van der Waals surface area contributed by atoms with Gasteiger partial charge >= 0.3 is 5.97 Å². The monoisotopic (exact) mass is 386 g/mol. The third-order valence-corrected chi connectivity index (χ3v) is 3.87. The van der Waals surface area contributed by atoms with E-state index >= 15 is 0 Å². The molecule has 0 aliphatic rings. The van der Waals surface area contributed by atoms with Crippen molar-refractivity contribution in [2.24, 2.45) is 0 Å². The average molecular weight is 387 g/mol. The van der Waals surface area contributed by atoms with E-state index in [1.807, 2.05) is 12.1 Å². The van der Waals surface area contributed by atoms with E-state index in [4.69, 9.17) is 10.00 Å². The van der Waals surface area contributed by atoms with Gasteiger partial charge < -0.3 is 10.1 Å². The maximum absolute atomic E-state index is 12.3. The van der Waals surface area contributed by atoms with Gasteiger partial charge in [-0.05, 0) is 35.9 Å². The van der Waals surface area contributed by atoms with Gasteiger partial charge in [0.05, 0.1) is 18.7 Å². The summed E-state index contributed by atoms with van der Waals surface area (Å²) in [4.78, 5) is 24.3. The Morgan fingerprint density at radius 2 is 2.00 bits per heavy atom. The Hall–Kier alpha value is -2.65. The number of amides is 1. The van der Waals surface area contributed by atoms with Crippen molar-refractivity contribution in [2.75, 3.05) is 7.11 Å². The first-order chi connectivity index (χ1) is 11.5. The van der Waals surface area contributed by atoms with Crippen LogP contribution in [-0.4, -0.2) is 25.0 Å². The molecule has 0 bridgehead atoms. The van der Waals surface area contributed by atoms with E-state index < -0.39 is 12.0 Å². The van der Waals surface area contributed by atoms with Crippen molar-refractivity contribution in [3.05, 3.63) is 69.7 Å². The van der Waals surface area contributed by atoms with Crippen LogP contribution in [0.2, 0.25) is 0 Å². The Kier molecular flexibility index (Phi) is 6.10. The fraction of sp³-hybridized carbons (Fsp3) is 0.167. The third-order valence-electron chi connectivity index (χ3n) is 3.37. The first-order valence-electron chi connectivity index (χ1n) is 7.17. The van der Waals surface area contributed by atoms with Crippen LogP contribution in [0.4, 0.5) is 0 Å². The Morgan fingerprint density at radius 3 is 2.67 bits per heavy atom. The highest BCUT2D eigenvalue weighted by Gasteiger charge is 2.22. The molecule has 2 rings (SSSR count). The zero-order valence-corrected chi connectivity index (χ0v) is 14.5. The number of carbonyl (C=O) groups is 2. The Bertz CT molecular complexity index is 799. The molecule has 0 aromatic heterocycles. The van der Waals surface area contributed by atoms with Gasteiger partial charge in [-0.2, -0.15) is 5.26 Å². The lowest BCUT2D eigenvalue weighted by molar-refractivity contribution is -0.142. The van der Waals surface area contributed by atoms with Crippen LogP contribution in [0.1, 0.15) is 21.5 Å². The molecule has 0 saturated heterocycles. The molecule has 0 saturated carbocycles. The van der Waals surface area contributed by atoms with E-state index in [1.165, 1.54) is 7.11 Å². The number of methoxy groups -OCH3 is 1. The van der Waals surface area contributed by atoms with Crippen LogP contribution in [0.25, 0.3) is 0 Å². The van der Waals surface area contributed by atoms with Crippen molar-refractivity contribution in [1.82, 2.24) is 5.32 Å². The first-order valence-corrected chi connectivity index (χ1v) is 7.96. The number of nitrogens with zero attached hydrogens (tertiary/aromatic N) is 1. The van der Waals surface area contributed by atoms with Gasteiger partial charge in [0.15, 0.2) is 0 Å². The lowest BCUT2D eigenvalue weighted by Crippen LogP contribution is -2.43. The third kappa shape index (κ3) is 4.67. The van der Waals surface area contributed by atoms with Gasteiger partial charge in [-0.1, -0.05) is 34.1 Å². The molecule has 1 atom stereocenters. The van der Waals surface area contributed by atoms with Crippen LogP contribution in [0, 0.1) is 11.3 Å². The van der Waals surface area contributed by atoms with Crippen LogP contribution in [-0.2, 0) is 16.0 Å². The van der Waals surface area contributed by atoms with Crippen LogP contribution in [0.3, 0.4) is 0 Å². The lowest BCUT2D eigenvalue weighted by atomic mass is 10.0. The van der Waals surface area contributed by atoms with Crippen molar-refractivity contribution >= 4 is 27.8 Å². The molecule has 6 heteroatoms. The zero-order chi connectivity index (χ0) is 17.5. The highest BCUT2D eigenvalue weighted by atomic mass is 79.9. The molecule has 1 N–H and O–H groups in total. The summed E-state index contributed by atoms with van der Waals surface area (Å²) in [6, 6.07) is 15.0. The molecule has 5 nitrogen and oxygen atoms in total. The molecule has 0 fully saturated rings. The number of hydrogen-bond donors (Lipinski definition) is 1. The summed E-state index contributed by atoms with van der Waals surface area (Å²) in [6.07, 6.45) is 0.238. The summed E-state index contributed by atoms with van der Waals surface area (Å²) in [5.74, 6) is -0.913. The molecule has 0 radical (unpaired) electrons. The number of nitrogens with one attached hydrogen (secondary N) is 1. The zero-order valence-electron chi connectivity index (χ0n) is 13.0. The SMILES string of the molecule is COC(=O)[C@H](Cc1cccc(C#N)c1)NC(=O)c1cccc(Br)c1. The Labute approximate surface area is 148 Å². The number of benzene rings is 2. The minimum atomic E-state index is -0.838. The quantitative estimate of drug-likeness (QED) is 0.801. The number of rotatable bonds is 5. The molecular formula is C18H15BrN2O3. The summed E-state index contributed by atoms with van der Waals surface area (Å²) < 4.78 is 5.54. The fourth-order valence-corrected chi connectivity index (χ4v) is 2.61. The second-order valence-corrected chi connectivity index (χ2v) is 5.99. The summed E-state index contributed by atoms with van der Waals surface area (Å²) in [5, 5.41) is 11.6. The van der Waals surface area contributed by atoms with Crippen molar-refractivity contribution in [2.45, 2.75) is 12.5 Å². The minimum Gasteiger partial charge on any atom is -0.467 e. The maximum atomic E-state index is 12.3. The standard InChI is InChI=1S/C18H15BrN2O3/c1-24-18(23)16(9-12-4-2-5-13(8-12)11-20)21-17(22)14-6-3-7-15(19)10-14/h2-8,10,16H,9H2,1H3,(H,21,22)/t16-/m0/s1. The molecule has 1 amide bonds. The predicted molar refractivity (Wildman–Crippen MR) is 92.3 cm³/mol. The van der Waals surface area contributed by atoms with Gasteiger partial charge in [-0.3, -0.25) is 4.79 Å². The predicted octanol–water partition coefficient (Wildman–Crippen LogP) is 2.83. The van der Waals surface area contributed by atoms with Crippen LogP contribution in [0.15, 0.2) is 53.0 Å². The molecule has 0 aliphatic carbocycles. The van der Waals surface area contributed by atoms with Gasteiger partial charge in [-0.15, -0.1) is 0 Å². The summed E-state index contributed by atoms with van der Waals surface area (Å²) in [7, 11) is 1.27. The molecule has 0 spiro atoms. The van der Waals surface area contributed by atoms with E-state index in [2.05, 4.69) is 21.2 Å². The Morgan fingerprint density at radius 1 is 1.25 bits per heavy atom. The molecular weight excluding hydrogens is 372 g/mol. The van der Waals surface area contributed by atoms with Gasteiger partial charge in [0.25, 0.3) is 5.91 Å². The number of ether oxygens (including phenoxy) is 1. The van der Waals surface area contributed by atoms with E-state index in [0.29, 0.717) is 11.1 Å². The van der Waals surface area contributed by atoms with Crippen molar-refractivity contribution in [1.29, 1.82) is 5.26 Å². The Balaban J connectivity index is 2.18. The van der Waals surface area contributed by atoms with Gasteiger partial charge in [0.2, 0.25) is 0 Å². The second-order valence-electron chi connectivity index (χ2n) is 5.08.